The summed E-state index contributed by atoms with van der Waals surface area (Å²) < 4.78 is 10.5. The van der Waals surface area contributed by atoms with E-state index in [1.165, 1.54) is 0 Å². The Morgan fingerprint density at radius 1 is 1.15 bits per heavy atom. The lowest BCUT2D eigenvalue weighted by atomic mass is 10.0. The molecule has 0 amide bonds. The van der Waals surface area contributed by atoms with Crippen molar-refractivity contribution >= 4 is 0 Å². The fraction of sp³-hybridized carbons (Fsp3) is 0.312. The van der Waals surface area contributed by atoms with Crippen LogP contribution in [0, 0.1) is 0 Å². The van der Waals surface area contributed by atoms with E-state index in [0.717, 1.165) is 17.1 Å². The van der Waals surface area contributed by atoms with Gasteiger partial charge in [0.2, 0.25) is 0 Å². The number of aliphatic hydroxyl groups excluding tert-OH is 1. The molecule has 20 heavy (non-hydrogen) atoms. The first kappa shape index (κ1) is 14.3. The number of benzene rings is 1. The maximum atomic E-state index is 10.1. The van der Waals surface area contributed by atoms with Crippen molar-refractivity contribution in [2.75, 3.05) is 14.2 Å². The molecule has 1 heterocycles. The third kappa shape index (κ3) is 3.48. The van der Waals surface area contributed by atoms with Crippen molar-refractivity contribution in [2.24, 2.45) is 0 Å². The van der Waals surface area contributed by atoms with Crippen molar-refractivity contribution in [1.82, 2.24) is 4.98 Å². The van der Waals surface area contributed by atoms with Crippen LogP contribution >= 0.6 is 0 Å². The zero-order chi connectivity index (χ0) is 14.4. The highest BCUT2D eigenvalue weighted by atomic mass is 16.5. The van der Waals surface area contributed by atoms with Crippen LogP contribution in [0.25, 0.3) is 0 Å². The van der Waals surface area contributed by atoms with E-state index in [1.54, 1.807) is 20.4 Å². The number of nitrogens with zero attached hydrogens (tertiary/aromatic N) is 1. The molecule has 0 aliphatic rings. The van der Waals surface area contributed by atoms with Crippen molar-refractivity contribution in [3.05, 3.63) is 53.9 Å². The lowest BCUT2D eigenvalue weighted by Gasteiger charge is -2.13. The van der Waals surface area contributed by atoms with Crippen molar-refractivity contribution < 1.29 is 14.6 Å². The average Bonchev–Trinajstić information content (AvgIpc) is 2.53. The fourth-order valence-electron chi connectivity index (χ4n) is 2.07. The second kappa shape index (κ2) is 6.91. The van der Waals surface area contributed by atoms with Gasteiger partial charge < -0.3 is 14.6 Å². The van der Waals surface area contributed by atoms with Crippen LogP contribution in [0.15, 0.2) is 42.6 Å². The molecule has 1 N–H and O–H groups in total. The van der Waals surface area contributed by atoms with E-state index in [0.29, 0.717) is 18.5 Å². The van der Waals surface area contributed by atoms with Crippen LogP contribution in [0.4, 0.5) is 0 Å². The fourth-order valence-corrected chi connectivity index (χ4v) is 2.07. The Kier molecular flexibility index (Phi) is 4.96. The van der Waals surface area contributed by atoms with E-state index in [-0.39, 0.29) is 0 Å². The van der Waals surface area contributed by atoms with Gasteiger partial charge in [-0.05, 0) is 36.6 Å². The third-order valence-electron chi connectivity index (χ3n) is 3.21. The molecule has 1 aromatic carbocycles. The Morgan fingerprint density at radius 2 is 2.00 bits per heavy atom. The number of hydrogen-bond acceptors (Lipinski definition) is 4. The van der Waals surface area contributed by atoms with Gasteiger partial charge >= 0.3 is 0 Å². The Morgan fingerprint density at radius 3 is 2.65 bits per heavy atom. The predicted molar refractivity (Wildman–Crippen MR) is 77.1 cm³/mol. The van der Waals surface area contributed by atoms with Gasteiger partial charge in [-0.1, -0.05) is 12.1 Å². The maximum absolute atomic E-state index is 10.1. The van der Waals surface area contributed by atoms with Crippen LogP contribution in [0.5, 0.6) is 11.5 Å². The second-order valence-corrected chi connectivity index (χ2v) is 4.49. The first-order chi connectivity index (χ1) is 9.74. The summed E-state index contributed by atoms with van der Waals surface area (Å²) >= 11 is 0. The molecule has 2 aromatic rings. The molecule has 0 aliphatic carbocycles. The summed E-state index contributed by atoms with van der Waals surface area (Å²) in [4.78, 5) is 4.16. The minimum Gasteiger partial charge on any atom is -0.497 e. The van der Waals surface area contributed by atoms with Gasteiger partial charge in [-0.15, -0.1) is 0 Å². The Labute approximate surface area is 119 Å². The molecule has 4 nitrogen and oxygen atoms in total. The molecule has 106 valence electrons. The summed E-state index contributed by atoms with van der Waals surface area (Å²) in [7, 11) is 3.26. The van der Waals surface area contributed by atoms with E-state index in [4.69, 9.17) is 9.47 Å². The number of rotatable bonds is 6. The van der Waals surface area contributed by atoms with E-state index >= 15 is 0 Å². The minimum absolute atomic E-state index is 0.567. The first-order valence-corrected chi connectivity index (χ1v) is 6.54. The number of methoxy groups -OCH3 is 2. The molecule has 1 unspecified atom stereocenters. The van der Waals surface area contributed by atoms with Gasteiger partial charge in [-0.25, -0.2) is 0 Å². The van der Waals surface area contributed by atoms with Crippen LogP contribution in [-0.2, 0) is 6.42 Å². The summed E-state index contributed by atoms with van der Waals surface area (Å²) in [5.41, 5.74) is 1.74. The van der Waals surface area contributed by atoms with Gasteiger partial charge in [0.1, 0.15) is 11.5 Å². The maximum Gasteiger partial charge on any atom is 0.125 e. The number of aromatic nitrogens is 1. The molecule has 0 saturated heterocycles. The van der Waals surface area contributed by atoms with E-state index in [9.17, 15) is 5.11 Å². The van der Waals surface area contributed by atoms with Crippen LogP contribution in [-0.4, -0.2) is 24.3 Å². The minimum atomic E-state index is -0.567. The van der Waals surface area contributed by atoms with Gasteiger partial charge in [0.05, 0.1) is 26.0 Å². The monoisotopic (exact) mass is 273 g/mol. The molecule has 1 atom stereocenters. The molecule has 0 bridgehead atoms. The molecule has 0 radical (unpaired) electrons. The second-order valence-electron chi connectivity index (χ2n) is 4.49. The quantitative estimate of drug-likeness (QED) is 0.879. The summed E-state index contributed by atoms with van der Waals surface area (Å²) in [6, 6.07) is 11.2. The Balaban J connectivity index is 2.03. The largest absolute Gasteiger partial charge is 0.497 e. The Hall–Kier alpha value is -2.07. The van der Waals surface area contributed by atoms with Crippen LogP contribution < -0.4 is 9.47 Å². The first-order valence-electron chi connectivity index (χ1n) is 6.54. The van der Waals surface area contributed by atoms with E-state index < -0.39 is 6.10 Å². The molecular weight excluding hydrogens is 254 g/mol. The zero-order valence-corrected chi connectivity index (χ0v) is 11.7. The summed E-state index contributed by atoms with van der Waals surface area (Å²) in [5.74, 6) is 1.54. The SMILES string of the molecule is COc1ccc(CCC(O)c2ccccn2)c(OC)c1. The summed E-state index contributed by atoms with van der Waals surface area (Å²) in [6.45, 7) is 0. The summed E-state index contributed by atoms with van der Waals surface area (Å²) in [5, 5.41) is 10.1. The topological polar surface area (TPSA) is 51.6 Å². The predicted octanol–water partition coefficient (Wildman–Crippen LogP) is 2.77. The standard InChI is InChI=1S/C16H19NO3/c1-19-13-8-6-12(16(11-13)20-2)7-9-15(18)14-5-3-4-10-17-14/h3-6,8,10-11,15,18H,7,9H2,1-2H3. The highest BCUT2D eigenvalue weighted by molar-refractivity contribution is 5.40. The lowest BCUT2D eigenvalue weighted by molar-refractivity contribution is 0.163. The molecular formula is C16H19NO3. The Bertz CT molecular complexity index is 543. The van der Waals surface area contributed by atoms with Gasteiger partial charge in [0.15, 0.2) is 0 Å². The molecule has 0 saturated carbocycles. The van der Waals surface area contributed by atoms with E-state index in [1.807, 2.05) is 36.4 Å². The highest BCUT2D eigenvalue weighted by Crippen LogP contribution is 2.27. The van der Waals surface area contributed by atoms with Crippen molar-refractivity contribution in [3.63, 3.8) is 0 Å². The van der Waals surface area contributed by atoms with Gasteiger partial charge in [-0.2, -0.15) is 0 Å². The van der Waals surface area contributed by atoms with Crippen molar-refractivity contribution in [1.29, 1.82) is 0 Å². The zero-order valence-electron chi connectivity index (χ0n) is 11.7. The number of hydrogen-bond donors (Lipinski definition) is 1. The van der Waals surface area contributed by atoms with Crippen LogP contribution in [0.1, 0.15) is 23.8 Å². The normalized spacial score (nSPS) is 11.9. The number of aliphatic hydroxyl groups is 1. The van der Waals surface area contributed by atoms with E-state index in [2.05, 4.69) is 4.98 Å². The lowest BCUT2D eigenvalue weighted by Crippen LogP contribution is -2.02. The smallest absolute Gasteiger partial charge is 0.125 e. The van der Waals surface area contributed by atoms with Crippen molar-refractivity contribution in [3.8, 4) is 11.5 Å². The van der Waals surface area contributed by atoms with Crippen LogP contribution in [0.3, 0.4) is 0 Å². The van der Waals surface area contributed by atoms with Crippen molar-refractivity contribution in [2.45, 2.75) is 18.9 Å². The van der Waals surface area contributed by atoms with Gasteiger partial charge in [0, 0.05) is 12.3 Å². The number of aryl methyl sites for hydroxylation is 1. The molecule has 0 fully saturated rings. The van der Waals surface area contributed by atoms with Crippen LogP contribution in [0.2, 0.25) is 0 Å². The summed E-state index contributed by atoms with van der Waals surface area (Å²) in [6.07, 6.45) is 2.43. The molecule has 1 aromatic heterocycles. The highest BCUT2D eigenvalue weighted by Gasteiger charge is 2.11. The molecule has 0 spiro atoms. The average molecular weight is 273 g/mol. The molecule has 2 rings (SSSR count). The third-order valence-corrected chi connectivity index (χ3v) is 3.21. The van der Waals surface area contributed by atoms with Gasteiger partial charge in [-0.3, -0.25) is 4.98 Å². The number of pyridine rings is 1. The molecule has 4 heteroatoms. The number of ether oxygens (including phenoxy) is 2. The van der Waals surface area contributed by atoms with Gasteiger partial charge in [0.25, 0.3) is 0 Å². The molecule has 0 aliphatic heterocycles.